The summed E-state index contributed by atoms with van der Waals surface area (Å²) in [5.41, 5.74) is 1.87. The van der Waals surface area contributed by atoms with E-state index in [9.17, 15) is 31.9 Å². The van der Waals surface area contributed by atoms with E-state index in [1.165, 1.54) is 30.9 Å². The molecule has 0 spiro atoms. The molecule has 12 heteroatoms. The number of hydrogen-bond donors (Lipinski definition) is 3. The number of anilines is 1. The van der Waals surface area contributed by atoms with Crippen molar-refractivity contribution in [1.82, 2.24) is 5.32 Å². The summed E-state index contributed by atoms with van der Waals surface area (Å²) in [5.74, 6) is -3.10. The zero-order chi connectivity index (χ0) is 32.2. The smallest absolute Gasteiger partial charge is 0.481 e. The minimum Gasteiger partial charge on any atom is -0.481 e. The van der Waals surface area contributed by atoms with Crippen molar-refractivity contribution >= 4 is 23.5 Å². The summed E-state index contributed by atoms with van der Waals surface area (Å²) in [6.45, 7) is -0.0235. The van der Waals surface area contributed by atoms with Gasteiger partial charge in [0.2, 0.25) is 5.91 Å². The highest BCUT2D eigenvalue weighted by Gasteiger charge is 2.54. The Kier molecular flexibility index (Phi) is 9.42. The van der Waals surface area contributed by atoms with Crippen molar-refractivity contribution in [1.29, 1.82) is 0 Å². The zero-order valence-electron chi connectivity index (χ0n) is 24.2. The molecule has 1 fully saturated rings. The van der Waals surface area contributed by atoms with Gasteiger partial charge < -0.3 is 20.5 Å². The van der Waals surface area contributed by atoms with E-state index in [1.54, 1.807) is 24.3 Å². The van der Waals surface area contributed by atoms with Crippen LogP contribution in [0.1, 0.15) is 83.0 Å². The van der Waals surface area contributed by atoms with Gasteiger partial charge in [-0.3, -0.25) is 14.4 Å². The Morgan fingerprint density at radius 2 is 1.60 bits per heavy atom. The number of amides is 2. The lowest BCUT2D eigenvalue weighted by Gasteiger charge is -2.30. The standard InChI is InChI=1S/C33H32F4N2O6/c34-32(35)27-19-25(14-15-28(27)44-33(36,37)45-32)39-31(43)26(23-12-10-22(11-13-23)21-4-2-1-3-5-21)18-20-6-8-24(9-7-20)30(42)38-17-16-29(40)41/h6-15,19,21,26H,1-5,16-18H2,(H,38,42)(H,39,43)(H,40,41). The molecule has 3 aromatic carbocycles. The first-order valence-corrected chi connectivity index (χ1v) is 14.7. The lowest BCUT2D eigenvalue weighted by molar-refractivity contribution is -0.461. The summed E-state index contributed by atoms with van der Waals surface area (Å²) in [6, 6.07) is 17.2. The fourth-order valence-corrected chi connectivity index (χ4v) is 5.72. The lowest BCUT2D eigenvalue weighted by Crippen LogP contribution is -2.41. The highest BCUT2D eigenvalue weighted by atomic mass is 19.3. The molecule has 1 atom stereocenters. The Labute approximate surface area is 256 Å². The molecule has 3 N–H and O–H groups in total. The van der Waals surface area contributed by atoms with Crippen LogP contribution < -0.4 is 15.4 Å². The number of hydrogen-bond acceptors (Lipinski definition) is 5. The average Bonchev–Trinajstić information content (AvgIpc) is 3.00. The number of carbonyl (C=O) groups excluding carboxylic acids is 2. The Hall–Kier alpha value is -4.45. The summed E-state index contributed by atoms with van der Waals surface area (Å²) in [5, 5.41) is 13.9. The fraction of sp³-hybridized carbons (Fsp3) is 0.364. The first kappa shape index (κ1) is 32.0. The number of nitrogens with one attached hydrogen (secondary N) is 2. The minimum absolute atomic E-state index is 0.0235. The van der Waals surface area contributed by atoms with Crippen molar-refractivity contribution in [3.63, 3.8) is 0 Å². The van der Waals surface area contributed by atoms with Crippen LogP contribution in [0.25, 0.3) is 0 Å². The largest absolute Gasteiger partial charge is 0.540 e. The van der Waals surface area contributed by atoms with Crippen LogP contribution in [0.3, 0.4) is 0 Å². The van der Waals surface area contributed by atoms with Gasteiger partial charge in [0.25, 0.3) is 5.91 Å². The molecule has 8 nitrogen and oxygen atoms in total. The van der Waals surface area contributed by atoms with Gasteiger partial charge in [0, 0.05) is 17.8 Å². The van der Waals surface area contributed by atoms with Crippen molar-refractivity contribution in [2.24, 2.45) is 0 Å². The number of halogens is 4. The quantitative estimate of drug-likeness (QED) is 0.210. The van der Waals surface area contributed by atoms with Crippen molar-refractivity contribution in [2.45, 2.75) is 69.2 Å². The average molecular weight is 629 g/mol. The predicted octanol–water partition coefficient (Wildman–Crippen LogP) is 6.91. The summed E-state index contributed by atoms with van der Waals surface area (Å²) < 4.78 is 63.4. The Morgan fingerprint density at radius 3 is 2.27 bits per heavy atom. The van der Waals surface area contributed by atoms with Crippen molar-refractivity contribution in [3.8, 4) is 5.75 Å². The first-order chi connectivity index (χ1) is 21.4. The number of ether oxygens (including phenoxy) is 2. The van der Waals surface area contributed by atoms with Crippen LogP contribution in [-0.4, -0.2) is 35.7 Å². The summed E-state index contributed by atoms with van der Waals surface area (Å²) in [4.78, 5) is 36.8. The maximum Gasteiger partial charge on any atom is 0.540 e. The molecule has 0 bridgehead atoms. The number of carboxylic acid groups (broad SMARTS) is 1. The number of rotatable bonds is 10. The lowest BCUT2D eigenvalue weighted by atomic mass is 9.83. The molecule has 1 heterocycles. The molecule has 5 rings (SSSR count). The van der Waals surface area contributed by atoms with Crippen LogP contribution in [0.5, 0.6) is 5.75 Å². The summed E-state index contributed by atoms with van der Waals surface area (Å²) >= 11 is 0. The SMILES string of the molecule is O=C(O)CCNC(=O)c1ccc(CC(C(=O)Nc2ccc3c(c2)C(F)(F)OC(F)(F)O3)c2ccc(C3CCCCC3)cc2)cc1. The second kappa shape index (κ2) is 13.3. The molecular formula is C33H32F4N2O6. The molecule has 45 heavy (non-hydrogen) atoms. The molecule has 238 valence electrons. The van der Waals surface area contributed by atoms with Gasteiger partial charge in [0.1, 0.15) is 5.75 Å². The number of carboxylic acids is 1. The Bertz CT molecular complexity index is 1540. The van der Waals surface area contributed by atoms with Gasteiger partial charge in [-0.1, -0.05) is 55.7 Å². The Balaban J connectivity index is 1.37. The van der Waals surface area contributed by atoms with Crippen molar-refractivity contribution < 1.29 is 46.5 Å². The van der Waals surface area contributed by atoms with Crippen LogP contribution in [-0.2, 0) is 26.9 Å². The third-order valence-corrected chi connectivity index (χ3v) is 8.05. The molecule has 1 unspecified atom stereocenters. The van der Waals surface area contributed by atoms with Gasteiger partial charge in [-0.2, -0.15) is 8.78 Å². The van der Waals surface area contributed by atoms with E-state index in [0.717, 1.165) is 25.0 Å². The first-order valence-electron chi connectivity index (χ1n) is 14.7. The van der Waals surface area contributed by atoms with E-state index in [0.29, 0.717) is 22.6 Å². The molecule has 0 radical (unpaired) electrons. The van der Waals surface area contributed by atoms with Gasteiger partial charge >= 0.3 is 18.4 Å². The molecule has 1 aliphatic carbocycles. The zero-order valence-corrected chi connectivity index (χ0v) is 24.2. The second-order valence-corrected chi connectivity index (χ2v) is 11.2. The third kappa shape index (κ3) is 7.99. The van der Waals surface area contributed by atoms with E-state index in [-0.39, 0.29) is 25.1 Å². The van der Waals surface area contributed by atoms with Crippen molar-refractivity contribution in [3.05, 3.63) is 94.5 Å². The summed E-state index contributed by atoms with van der Waals surface area (Å²) in [7, 11) is 0. The molecular weight excluding hydrogens is 596 g/mol. The number of carbonyl (C=O) groups is 3. The van der Waals surface area contributed by atoms with E-state index in [2.05, 4.69) is 20.1 Å². The number of benzene rings is 3. The molecule has 2 amide bonds. The Morgan fingerprint density at radius 1 is 0.911 bits per heavy atom. The van der Waals surface area contributed by atoms with Gasteiger partial charge in [-0.25, -0.2) is 4.74 Å². The van der Waals surface area contributed by atoms with E-state index >= 15 is 0 Å². The topological polar surface area (TPSA) is 114 Å². The highest BCUT2D eigenvalue weighted by molar-refractivity contribution is 5.96. The second-order valence-electron chi connectivity index (χ2n) is 11.2. The van der Waals surface area contributed by atoms with Crippen LogP contribution in [0, 0.1) is 0 Å². The van der Waals surface area contributed by atoms with Crippen LogP contribution in [0.4, 0.5) is 23.2 Å². The van der Waals surface area contributed by atoms with E-state index < -0.39 is 47.4 Å². The third-order valence-electron chi connectivity index (χ3n) is 8.05. The molecule has 3 aromatic rings. The maximum atomic E-state index is 14.4. The minimum atomic E-state index is -4.51. The molecule has 1 saturated carbocycles. The fourth-order valence-electron chi connectivity index (χ4n) is 5.72. The predicted molar refractivity (Wildman–Crippen MR) is 155 cm³/mol. The monoisotopic (exact) mass is 628 g/mol. The molecule has 0 saturated heterocycles. The maximum absolute atomic E-state index is 14.4. The van der Waals surface area contributed by atoms with Crippen LogP contribution in [0.15, 0.2) is 66.7 Å². The highest BCUT2D eigenvalue weighted by Crippen LogP contribution is 2.47. The number of aliphatic carboxylic acids is 1. The van der Waals surface area contributed by atoms with Gasteiger partial charge in [0.15, 0.2) is 0 Å². The van der Waals surface area contributed by atoms with Gasteiger partial charge in [-0.15, -0.1) is 8.78 Å². The molecule has 2 aliphatic rings. The number of alkyl halides is 4. The molecule has 1 aliphatic heterocycles. The van der Waals surface area contributed by atoms with Crippen molar-refractivity contribution in [2.75, 3.05) is 11.9 Å². The molecule has 0 aromatic heterocycles. The van der Waals surface area contributed by atoms with Gasteiger partial charge in [0.05, 0.1) is 17.9 Å². The van der Waals surface area contributed by atoms with E-state index in [1.807, 2.05) is 24.3 Å². The van der Waals surface area contributed by atoms with Gasteiger partial charge in [-0.05, 0) is 72.2 Å². The number of fused-ring (bicyclic) bond motifs is 1. The summed E-state index contributed by atoms with van der Waals surface area (Å²) in [6.07, 6.45) is -3.14. The van der Waals surface area contributed by atoms with Crippen LogP contribution >= 0.6 is 0 Å². The normalized spacial score (nSPS) is 17.8. The van der Waals surface area contributed by atoms with Crippen LogP contribution in [0.2, 0.25) is 0 Å². The van der Waals surface area contributed by atoms with E-state index in [4.69, 9.17) is 5.11 Å².